The lowest BCUT2D eigenvalue weighted by Crippen LogP contribution is -2.10. The van der Waals surface area contributed by atoms with Gasteiger partial charge in [0.2, 0.25) is 0 Å². The first-order valence-electron chi connectivity index (χ1n) is 3.77. The molecule has 11 heavy (non-hydrogen) atoms. The van der Waals surface area contributed by atoms with Crippen molar-refractivity contribution in [3.8, 4) is 0 Å². The Kier molecular flexibility index (Phi) is 2.48. The second-order valence-electron chi connectivity index (χ2n) is 2.61. The van der Waals surface area contributed by atoms with Crippen LogP contribution in [0.3, 0.4) is 0 Å². The van der Waals surface area contributed by atoms with Crippen LogP contribution < -0.4 is 11.3 Å². The maximum Gasteiger partial charge on any atom is 0.264 e. The first-order chi connectivity index (χ1) is 5.24. The monoisotopic (exact) mass is 155 g/mol. The first-order valence-corrected chi connectivity index (χ1v) is 3.77. The van der Waals surface area contributed by atoms with Gasteiger partial charge in [-0.1, -0.05) is 13.3 Å². The second kappa shape index (κ2) is 3.39. The number of aromatic nitrogens is 2. The summed E-state index contributed by atoms with van der Waals surface area (Å²) >= 11 is 0. The predicted octanol–water partition coefficient (Wildman–Crippen LogP) is 0.503. The molecule has 1 rings (SSSR count). The van der Waals surface area contributed by atoms with Crippen molar-refractivity contribution < 1.29 is 0 Å². The lowest BCUT2D eigenvalue weighted by Gasteiger charge is -2.05. The van der Waals surface area contributed by atoms with Crippen LogP contribution in [0.15, 0.2) is 10.9 Å². The summed E-state index contributed by atoms with van der Waals surface area (Å²) in [4.78, 5) is 10.7. The van der Waals surface area contributed by atoms with Crippen LogP contribution in [0.2, 0.25) is 0 Å². The zero-order chi connectivity index (χ0) is 8.27. The molecule has 0 aromatic carbocycles. The molecule has 0 aliphatic carbocycles. The van der Waals surface area contributed by atoms with E-state index in [1.807, 2.05) is 0 Å². The average molecular weight is 155 g/mol. The number of H-pyrrole nitrogens is 2. The van der Waals surface area contributed by atoms with Crippen molar-refractivity contribution in [3.63, 3.8) is 0 Å². The van der Waals surface area contributed by atoms with Gasteiger partial charge in [0.15, 0.2) is 0 Å². The fourth-order valence-electron chi connectivity index (χ4n) is 1.01. The molecule has 62 valence electrons. The van der Waals surface area contributed by atoms with Gasteiger partial charge in [0.25, 0.3) is 5.56 Å². The molecule has 1 unspecified atom stereocenters. The highest BCUT2D eigenvalue weighted by Gasteiger charge is 2.05. The Labute approximate surface area is 64.8 Å². The van der Waals surface area contributed by atoms with E-state index in [-0.39, 0.29) is 11.6 Å². The van der Waals surface area contributed by atoms with Gasteiger partial charge in [0, 0.05) is 12.1 Å². The zero-order valence-corrected chi connectivity index (χ0v) is 6.55. The Morgan fingerprint density at radius 3 is 2.82 bits per heavy atom. The second-order valence-corrected chi connectivity index (χ2v) is 2.61. The molecule has 0 aliphatic rings. The molecular formula is C7H13N3O. The van der Waals surface area contributed by atoms with Crippen LogP contribution in [-0.2, 0) is 0 Å². The highest BCUT2D eigenvalue weighted by molar-refractivity contribution is 5.03. The molecule has 1 aromatic rings. The summed E-state index contributed by atoms with van der Waals surface area (Å²) in [7, 11) is 0. The van der Waals surface area contributed by atoms with Crippen molar-refractivity contribution in [2.24, 2.45) is 5.73 Å². The third-order valence-corrected chi connectivity index (χ3v) is 1.62. The lowest BCUT2D eigenvalue weighted by atomic mass is 10.1. The third kappa shape index (κ3) is 1.94. The van der Waals surface area contributed by atoms with Crippen molar-refractivity contribution in [1.82, 2.24) is 10.2 Å². The van der Waals surface area contributed by atoms with E-state index in [0.717, 1.165) is 18.5 Å². The zero-order valence-electron chi connectivity index (χ0n) is 6.55. The summed E-state index contributed by atoms with van der Waals surface area (Å²) in [5.41, 5.74) is 6.40. The molecule has 1 heterocycles. The molecule has 1 atom stereocenters. The number of rotatable bonds is 3. The fourth-order valence-corrected chi connectivity index (χ4v) is 1.01. The van der Waals surface area contributed by atoms with E-state index in [1.54, 1.807) is 0 Å². The maximum atomic E-state index is 10.7. The Hall–Kier alpha value is -1.03. The van der Waals surface area contributed by atoms with Crippen LogP contribution in [0.5, 0.6) is 0 Å². The van der Waals surface area contributed by atoms with Crippen LogP contribution in [0.1, 0.15) is 31.5 Å². The van der Waals surface area contributed by atoms with Gasteiger partial charge in [-0.05, 0) is 6.42 Å². The van der Waals surface area contributed by atoms with Gasteiger partial charge < -0.3 is 10.8 Å². The molecule has 0 spiro atoms. The largest absolute Gasteiger partial charge is 0.323 e. The third-order valence-electron chi connectivity index (χ3n) is 1.62. The van der Waals surface area contributed by atoms with Gasteiger partial charge >= 0.3 is 0 Å². The number of aromatic amines is 2. The smallest absolute Gasteiger partial charge is 0.264 e. The summed E-state index contributed by atoms with van der Waals surface area (Å²) in [6.45, 7) is 2.06. The van der Waals surface area contributed by atoms with Crippen LogP contribution in [0, 0.1) is 0 Å². The number of nitrogens with two attached hydrogens (primary N) is 1. The summed E-state index contributed by atoms with van der Waals surface area (Å²) in [6.07, 6.45) is 1.92. The molecule has 0 bridgehead atoms. The molecule has 4 heteroatoms. The van der Waals surface area contributed by atoms with E-state index >= 15 is 0 Å². The Bertz CT molecular complexity index is 263. The van der Waals surface area contributed by atoms with Crippen LogP contribution in [0.25, 0.3) is 0 Å². The van der Waals surface area contributed by atoms with Gasteiger partial charge in [-0.25, -0.2) is 0 Å². The molecular weight excluding hydrogens is 142 g/mol. The minimum Gasteiger partial charge on any atom is -0.323 e. The number of hydrogen-bond acceptors (Lipinski definition) is 2. The minimum atomic E-state index is -0.119. The molecule has 0 fully saturated rings. The first kappa shape index (κ1) is 8.07. The van der Waals surface area contributed by atoms with E-state index in [1.165, 1.54) is 6.07 Å². The van der Waals surface area contributed by atoms with Crippen molar-refractivity contribution >= 4 is 0 Å². The van der Waals surface area contributed by atoms with E-state index in [9.17, 15) is 4.79 Å². The van der Waals surface area contributed by atoms with Crippen LogP contribution in [-0.4, -0.2) is 10.2 Å². The highest BCUT2D eigenvalue weighted by atomic mass is 16.1. The van der Waals surface area contributed by atoms with E-state index in [0.29, 0.717) is 0 Å². The SMILES string of the molecule is CCCC(N)c1cc(=O)[nH][nH]1. The fraction of sp³-hybridized carbons (Fsp3) is 0.571. The summed E-state index contributed by atoms with van der Waals surface area (Å²) < 4.78 is 0. The molecule has 0 saturated heterocycles. The summed E-state index contributed by atoms with van der Waals surface area (Å²) in [5.74, 6) is 0. The van der Waals surface area contributed by atoms with E-state index in [4.69, 9.17) is 5.73 Å². The lowest BCUT2D eigenvalue weighted by molar-refractivity contribution is 0.619. The van der Waals surface area contributed by atoms with Crippen LogP contribution >= 0.6 is 0 Å². The standard InChI is InChI=1S/C7H13N3O/c1-2-3-5(8)6-4-7(11)10-9-6/h4-5H,2-3,8H2,1H3,(H2,9,10,11). The van der Waals surface area contributed by atoms with Gasteiger partial charge in [-0.3, -0.25) is 9.89 Å². The Balaban J connectivity index is 2.68. The van der Waals surface area contributed by atoms with Crippen LogP contribution in [0.4, 0.5) is 0 Å². The molecule has 0 aliphatic heterocycles. The van der Waals surface area contributed by atoms with E-state index < -0.39 is 0 Å². The van der Waals surface area contributed by atoms with Crippen molar-refractivity contribution in [2.45, 2.75) is 25.8 Å². The molecule has 0 saturated carbocycles. The molecule has 0 radical (unpaired) electrons. The summed E-state index contributed by atoms with van der Waals surface area (Å²) in [5, 5.41) is 5.17. The maximum absolute atomic E-state index is 10.7. The van der Waals surface area contributed by atoms with Gasteiger partial charge in [0.05, 0.1) is 5.69 Å². The minimum absolute atomic E-state index is 0.0426. The van der Waals surface area contributed by atoms with E-state index in [2.05, 4.69) is 17.1 Å². The quantitative estimate of drug-likeness (QED) is 0.594. The Morgan fingerprint density at radius 1 is 1.64 bits per heavy atom. The number of hydrogen-bond donors (Lipinski definition) is 3. The Morgan fingerprint density at radius 2 is 2.36 bits per heavy atom. The van der Waals surface area contributed by atoms with Crippen molar-refractivity contribution in [3.05, 3.63) is 22.1 Å². The predicted molar refractivity (Wildman–Crippen MR) is 43.2 cm³/mol. The van der Waals surface area contributed by atoms with Crippen molar-refractivity contribution in [1.29, 1.82) is 0 Å². The molecule has 1 aromatic heterocycles. The topological polar surface area (TPSA) is 74.7 Å². The van der Waals surface area contributed by atoms with Gasteiger partial charge in [-0.15, -0.1) is 0 Å². The summed E-state index contributed by atoms with van der Waals surface area (Å²) in [6, 6.07) is 1.46. The molecule has 4 N–H and O–H groups in total. The van der Waals surface area contributed by atoms with Crippen molar-refractivity contribution in [2.75, 3.05) is 0 Å². The average Bonchev–Trinajstić information content (AvgIpc) is 2.36. The highest BCUT2D eigenvalue weighted by Crippen LogP contribution is 2.09. The normalized spacial score (nSPS) is 13.3. The molecule has 0 amide bonds. The number of nitrogens with one attached hydrogen (secondary N) is 2. The van der Waals surface area contributed by atoms with Gasteiger partial charge in [0.1, 0.15) is 0 Å². The van der Waals surface area contributed by atoms with Gasteiger partial charge in [-0.2, -0.15) is 0 Å². The molecule has 4 nitrogen and oxygen atoms in total.